The van der Waals surface area contributed by atoms with Gasteiger partial charge in [0.2, 0.25) is 5.91 Å². The molecule has 0 saturated heterocycles. The van der Waals surface area contributed by atoms with Gasteiger partial charge in [-0.1, -0.05) is 0 Å². The van der Waals surface area contributed by atoms with Crippen LogP contribution in [-0.2, 0) is 9.59 Å². The topological polar surface area (TPSA) is 105 Å². The van der Waals surface area contributed by atoms with Crippen LogP contribution in [0.25, 0.3) is 0 Å². The molecular formula is C10H13N3O3. The van der Waals surface area contributed by atoms with Gasteiger partial charge in [-0.25, -0.2) is 0 Å². The van der Waals surface area contributed by atoms with Gasteiger partial charge >= 0.3 is 5.97 Å². The number of carboxylic acids is 1. The number of nitrogens with one attached hydrogen (secondary N) is 1. The smallest absolute Gasteiger partial charge is 0.305 e. The van der Waals surface area contributed by atoms with E-state index in [9.17, 15) is 9.59 Å². The second kappa shape index (κ2) is 5.22. The summed E-state index contributed by atoms with van der Waals surface area (Å²) >= 11 is 0. The van der Waals surface area contributed by atoms with Gasteiger partial charge in [0.25, 0.3) is 0 Å². The van der Waals surface area contributed by atoms with Crippen LogP contribution >= 0.6 is 0 Å². The molecule has 0 saturated carbocycles. The number of hydrogen-bond donors (Lipinski definition) is 3. The molecule has 1 atom stereocenters. The molecule has 6 heteroatoms. The number of carboxylic acid groups (broad SMARTS) is 1. The molecule has 0 aliphatic rings. The van der Waals surface area contributed by atoms with Crippen molar-refractivity contribution in [2.24, 2.45) is 5.73 Å². The van der Waals surface area contributed by atoms with E-state index in [0.29, 0.717) is 11.4 Å². The van der Waals surface area contributed by atoms with Gasteiger partial charge in [0.15, 0.2) is 0 Å². The van der Waals surface area contributed by atoms with E-state index in [1.807, 2.05) is 0 Å². The van der Waals surface area contributed by atoms with Gasteiger partial charge < -0.3 is 16.2 Å². The highest BCUT2D eigenvalue weighted by molar-refractivity contribution is 5.96. The number of anilines is 1. The van der Waals surface area contributed by atoms with Crippen LogP contribution in [0, 0.1) is 6.92 Å². The van der Waals surface area contributed by atoms with E-state index >= 15 is 0 Å². The molecule has 0 spiro atoms. The lowest BCUT2D eigenvalue weighted by Gasteiger charge is -2.11. The van der Waals surface area contributed by atoms with Crippen molar-refractivity contribution in [2.75, 3.05) is 5.32 Å². The molecule has 1 aromatic rings. The standard InChI is InChI=1S/C10H13N3O3/c1-6-8(3-2-4-12-6)13-10(16)7(11)5-9(14)15/h2-4,7H,5,11H2,1H3,(H,13,16)(H,14,15). The van der Waals surface area contributed by atoms with Crippen LogP contribution in [0.1, 0.15) is 12.1 Å². The maximum absolute atomic E-state index is 11.5. The van der Waals surface area contributed by atoms with Gasteiger partial charge in [0.05, 0.1) is 23.8 Å². The number of amides is 1. The molecule has 1 amide bonds. The zero-order chi connectivity index (χ0) is 12.1. The van der Waals surface area contributed by atoms with Gasteiger partial charge in [-0.15, -0.1) is 0 Å². The third-order valence-electron chi connectivity index (χ3n) is 2.00. The second-order valence-corrected chi connectivity index (χ2v) is 3.33. The largest absolute Gasteiger partial charge is 0.481 e. The van der Waals surface area contributed by atoms with Crippen LogP contribution < -0.4 is 11.1 Å². The monoisotopic (exact) mass is 223 g/mol. The number of pyridine rings is 1. The number of aryl methyl sites for hydroxylation is 1. The Hall–Kier alpha value is -1.95. The molecule has 0 aliphatic carbocycles. The Balaban J connectivity index is 2.64. The number of aliphatic carboxylic acids is 1. The van der Waals surface area contributed by atoms with Gasteiger partial charge in [-0.05, 0) is 19.1 Å². The van der Waals surface area contributed by atoms with Crippen molar-refractivity contribution in [1.29, 1.82) is 0 Å². The molecule has 1 unspecified atom stereocenters. The normalized spacial score (nSPS) is 11.9. The molecule has 1 aromatic heterocycles. The maximum Gasteiger partial charge on any atom is 0.305 e. The fraction of sp³-hybridized carbons (Fsp3) is 0.300. The van der Waals surface area contributed by atoms with Gasteiger partial charge in [-0.2, -0.15) is 0 Å². The Morgan fingerprint density at radius 2 is 2.31 bits per heavy atom. The van der Waals surface area contributed by atoms with E-state index < -0.39 is 24.3 Å². The molecule has 1 heterocycles. The molecule has 0 aromatic carbocycles. The average molecular weight is 223 g/mol. The first-order valence-electron chi connectivity index (χ1n) is 4.70. The van der Waals surface area contributed by atoms with Crippen molar-refractivity contribution in [3.05, 3.63) is 24.0 Å². The molecule has 16 heavy (non-hydrogen) atoms. The SMILES string of the molecule is Cc1ncccc1NC(=O)C(N)CC(=O)O. The molecule has 0 bridgehead atoms. The fourth-order valence-electron chi connectivity index (χ4n) is 1.12. The molecule has 0 aliphatic heterocycles. The minimum Gasteiger partial charge on any atom is -0.481 e. The number of rotatable bonds is 4. The van der Waals surface area contributed by atoms with E-state index in [2.05, 4.69) is 10.3 Å². The predicted octanol–water partition coefficient (Wildman–Crippen LogP) is 0.131. The number of nitrogens with zero attached hydrogens (tertiary/aromatic N) is 1. The van der Waals surface area contributed by atoms with E-state index in [1.165, 1.54) is 0 Å². The number of carbonyl (C=O) groups excluding carboxylic acids is 1. The third-order valence-corrected chi connectivity index (χ3v) is 2.00. The van der Waals surface area contributed by atoms with Gasteiger partial charge in [0.1, 0.15) is 0 Å². The third kappa shape index (κ3) is 3.32. The Morgan fingerprint density at radius 1 is 1.62 bits per heavy atom. The van der Waals surface area contributed by atoms with Crippen molar-refractivity contribution >= 4 is 17.6 Å². The van der Waals surface area contributed by atoms with E-state index in [0.717, 1.165) is 0 Å². The maximum atomic E-state index is 11.5. The number of nitrogens with two attached hydrogens (primary N) is 1. The number of carbonyl (C=O) groups is 2. The van der Waals surface area contributed by atoms with Crippen molar-refractivity contribution in [2.45, 2.75) is 19.4 Å². The van der Waals surface area contributed by atoms with Crippen LogP contribution in [-0.4, -0.2) is 28.0 Å². The van der Waals surface area contributed by atoms with E-state index in [1.54, 1.807) is 25.3 Å². The first-order valence-corrected chi connectivity index (χ1v) is 4.70. The summed E-state index contributed by atoms with van der Waals surface area (Å²) < 4.78 is 0. The summed E-state index contributed by atoms with van der Waals surface area (Å²) in [5.41, 5.74) is 6.59. The quantitative estimate of drug-likeness (QED) is 0.672. The predicted molar refractivity (Wildman–Crippen MR) is 57.8 cm³/mol. The van der Waals surface area contributed by atoms with Crippen molar-refractivity contribution in [3.63, 3.8) is 0 Å². The second-order valence-electron chi connectivity index (χ2n) is 3.33. The first-order chi connectivity index (χ1) is 7.50. The van der Waals surface area contributed by atoms with Crippen molar-refractivity contribution < 1.29 is 14.7 Å². The van der Waals surface area contributed by atoms with Gasteiger partial charge in [0, 0.05) is 6.20 Å². The summed E-state index contributed by atoms with van der Waals surface area (Å²) in [6.07, 6.45) is 1.20. The summed E-state index contributed by atoms with van der Waals surface area (Å²) in [6, 6.07) is 2.29. The Bertz CT molecular complexity index is 406. The summed E-state index contributed by atoms with van der Waals surface area (Å²) in [5.74, 6) is -1.64. The summed E-state index contributed by atoms with van der Waals surface area (Å²) in [6.45, 7) is 1.73. The molecule has 0 radical (unpaired) electrons. The minimum absolute atomic E-state index is 0.398. The molecule has 0 fully saturated rings. The Morgan fingerprint density at radius 3 is 2.88 bits per heavy atom. The summed E-state index contributed by atoms with van der Waals surface area (Å²) in [4.78, 5) is 25.8. The molecule has 6 nitrogen and oxygen atoms in total. The lowest BCUT2D eigenvalue weighted by atomic mass is 10.2. The fourth-order valence-corrected chi connectivity index (χ4v) is 1.12. The highest BCUT2D eigenvalue weighted by Crippen LogP contribution is 2.10. The minimum atomic E-state index is -1.11. The highest BCUT2D eigenvalue weighted by Gasteiger charge is 2.17. The molecular weight excluding hydrogens is 210 g/mol. The van der Waals surface area contributed by atoms with Crippen LogP contribution in [0.4, 0.5) is 5.69 Å². The summed E-state index contributed by atoms with van der Waals surface area (Å²) in [5, 5.41) is 11.0. The van der Waals surface area contributed by atoms with Crippen LogP contribution in [0.15, 0.2) is 18.3 Å². The highest BCUT2D eigenvalue weighted by atomic mass is 16.4. The molecule has 4 N–H and O–H groups in total. The lowest BCUT2D eigenvalue weighted by molar-refractivity contribution is -0.138. The van der Waals surface area contributed by atoms with E-state index in [4.69, 9.17) is 10.8 Å². The first kappa shape index (κ1) is 12.1. The number of aromatic nitrogens is 1. The molecule has 86 valence electrons. The van der Waals surface area contributed by atoms with Crippen LogP contribution in [0.5, 0.6) is 0 Å². The number of hydrogen-bond acceptors (Lipinski definition) is 4. The molecule has 1 rings (SSSR count). The zero-order valence-electron chi connectivity index (χ0n) is 8.80. The lowest BCUT2D eigenvalue weighted by Crippen LogP contribution is -2.37. The van der Waals surface area contributed by atoms with Crippen molar-refractivity contribution in [3.8, 4) is 0 Å². The Labute approximate surface area is 92.5 Å². The zero-order valence-corrected chi connectivity index (χ0v) is 8.80. The van der Waals surface area contributed by atoms with Crippen LogP contribution in [0.2, 0.25) is 0 Å². The van der Waals surface area contributed by atoms with E-state index in [-0.39, 0.29) is 0 Å². The Kier molecular flexibility index (Phi) is 3.96. The summed E-state index contributed by atoms with van der Waals surface area (Å²) in [7, 11) is 0. The van der Waals surface area contributed by atoms with Crippen molar-refractivity contribution in [1.82, 2.24) is 4.98 Å². The van der Waals surface area contributed by atoms with Crippen LogP contribution in [0.3, 0.4) is 0 Å². The average Bonchev–Trinajstić information content (AvgIpc) is 2.20. The van der Waals surface area contributed by atoms with Gasteiger partial charge in [-0.3, -0.25) is 14.6 Å².